The molecule has 0 saturated heterocycles. The van der Waals surface area contributed by atoms with E-state index in [1.807, 2.05) is 6.07 Å². The molecule has 0 N–H and O–H groups in total. The van der Waals surface area contributed by atoms with Crippen molar-refractivity contribution in [1.82, 2.24) is 0 Å². The van der Waals surface area contributed by atoms with Crippen LogP contribution < -0.4 is 0 Å². The monoisotopic (exact) mass is 352 g/mol. The van der Waals surface area contributed by atoms with E-state index in [9.17, 15) is 4.39 Å². The first-order valence-electron chi connectivity index (χ1n) is 6.54. The minimum Gasteiger partial charge on any atom is -0.206 e. The summed E-state index contributed by atoms with van der Waals surface area (Å²) in [5, 5.41) is 0. The molecule has 0 bridgehead atoms. The van der Waals surface area contributed by atoms with Gasteiger partial charge in [0, 0.05) is 10.6 Å². The molecule has 0 atom stereocenters. The summed E-state index contributed by atoms with van der Waals surface area (Å²) in [5.74, 6) is 0.555. The van der Waals surface area contributed by atoms with Gasteiger partial charge in [0.1, 0.15) is 5.82 Å². The van der Waals surface area contributed by atoms with E-state index >= 15 is 0 Å². The van der Waals surface area contributed by atoms with Crippen LogP contribution in [0.5, 0.6) is 0 Å². The van der Waals surface area contributed by atoms with Gasteiger partial charge in [-0.05, 0) is 50.7 Å². The predicted octanol–water partition coefficient (Wildman–Crippen LogP) is 6.18. The van der Waals surface area contributed by atoms with Crippen LogP contribution in [0.2, 0.25) is 0 Å². The van der Waals surface area contributed by atoms with E-state index in [4.69, 9.17) is 0 Å². The van der Waals surface area contributed by atoms with Crippen molar-refractivity contribution in [3.05, 3.63) is 63.9 Å². The van der Waals surface area contributed by atoms with Crippen LogP contribution in [0.1, 0.15) is 31.9 Å². The van der Waals surface area contributed by atoms with E-state index in [0.717, 1.165) is 11.3 Å². The number of hydrogen-bond donors (Lipinski definition) is 0. The van der Waals surface area contributed by atoms with Crippen LogP contribution in [0.3, 0.4) is 0 Å². The third-order valence-corrected chi connectivity index (χ3v) is 5.10. The van der Waals surface area contributed by atoms with Gasteiger partial charge in [0.15, 0.2) is 0 Å². The third-order valence-electron chi connectivity index (χ3n) is 3.15. The van der Waals surface area contributed by atoms with Gasteiger partial charge in [-0.1, -0.05) is 45.0 Å². The molecule has 0 unspecified atom stereocenters. The predicted molar refractivity (Wildman–Crippen MR) is 88.8 cm³/mol. The highest BCUT2D eigenvalue weighted by Crippen LogP contribution is 2.30. The maximum absolute atomic E-state index is 13.4. The molecule has 0 fully saturated rings. The quantitative estimate of drug-likeness (QED) is 0.594. The lowest BCUT2D eigenvalue weighted by Gasteiger charge is -2.19. The summed E-state index contributed by atoms with van der Waals surface area (Å²) in [7, 11) is 0. The van der Waals surface area contributed by atoms with Gasteiger partial charge >= 0.3 is 0 Å². The van der Waals surface area contributed by atoms with Gasteiger partial charge in [-0.25, -0.2) is 4.39 Å². The van der Waals surface area contributed by atoms with Crippen LogP contribution in [-0.4, -0.2) is 0 Å². The number of thioether (sulfide) groups is 1. The lowest BCUT2D eigenvalue weighted by Crippen LogP contribution is -2.10. The fraction of sp³-hybridized carbons (Fsp3) is 0.294. The summed E-state index contributed by atoms with van der Waals surface area (Å²) >= 11 is 5.02. The Morgan fingerprint density at radius 3 is 2.30 bits per heavy atom. The molecular weight excluding hydrogens is 335 g/mol. The van der Waals surface area contributed by atoms with E-state index < -0.39 is 0 Å². The van der Waals surface area contributed by atoms with E-state index in [1.54, 1.807) is 17.8 Å². The molecule has 0 amide bonds. The highest BCUT2D eigenvalue weighted by atomic mass is 79.9. The Morgan fingerprint density at radius 1 is 1.05 bits per heavy atom. The molecular formula is C17H18BrFS. The third kappa shape index (κ3) is 3.86. The molecule has 0 aliphatic rings. The zero-order valence-electron chi connectivity index (χ0n) is 11.9. The molecule has 0 aromatic heterocycles. The lowest BCUT2D eigenvalue weighted by atomic mass is 9.87. The van der Waals surface area contributed by atoms with Crippen molar-refractivity contribution < 1.29 is 4.39 Å². The highest BCUT2D eigenvalue weighted by Gasteiger charge is 2.13. The molecule has 0 nitrogen and oxygen atoms in total. The molecule has 0 aliphatic carbocycles. The molecule has 106 valence electrons. The lowest BCUT2D eigenvalue weighted by molar-refractivity contribution is 0.590. The SMILES string of the molecule is CC(C)(C)c1ccc(SCc2cccc(F)c2Br)cc1. The number of rotatable bonds is 3. The number of halogens is 2. The topological polar surface area (TPSA) is 0 Å². The van der Waals surface area contributed by atoms with Gasteiger partial charge in [0.05, 0.1) is 4.47 Å². The van der Waals surface area contributed by atoms with Crippen molar-refractivity contribution in [2.24, 2.45) is 0 Å². The van der Waals surface area contributed by atoms with Crippen molar-refractivity contribution in [2.75, 3.05) is 0 Å². The Balaban J connectivity index is 2.06. The van der Waals surface area contributed by atoms with Crippen molar-refractivity contribution in [3.8, 4) is 0 Å². The van der Waals surface area contributed by atoms with Gasteiger partial charge in [-0.3, -0.25) is 0 Å². The van der Waals surface area contributed by atoms with Crippen LogP contribution in [0.4, 0.5) is 4.39 Å². The van der Waals surface area contributed by atoms with Crippen LogP contribution in [0, 0.1) is 5.82 Å². The van der Waals surface area contributed by atoms with E-state index in [0.29, 0.717) is 4.47 Å². The second-order valence-electron chi connectivity index (χ2n) is 5.78. The summed E-state index contributed by atoms with van der Waals surface area (Å²) in [6.07, 6.45) is 0. The summed E-state index contributed by atoms with van der Waals surface area (Å²) < 4.78 is 14.0. The summed E-state index contributed by atoms with van der Waals surface area (Å²) in [6, 6.07) is 13.8. The second-order valence-corrected chi connectivity index (χ2v) is 7.62. The van der Waals surface area contributed by atoms with Gasteiger partial charge in [0.25, 0.3) is 0 Å². The molecule has 2 rings (SSSR count). The maximum Gasteiger partial charge on any atom is 0.137 e. The Morgan fingerprint density at radius 2 is 1.70 bits per heavy atom. The smallest absolute Gasteiger partial charge is 0.137 e. The van der Waals surface area contributed by atoms with Crippen molar-refractivity contribution >= 4 is 27.7 Å². The average molecular weight is 353 g/mol. The van der Waals surface area contributed by atoms with Crippen LogP contribution >= 0.6 is 27.7 Å². The zero-order chi connectivity index (χ0) is 14.8. The van der Waals surface area contributed by atoms with E-state index in [-0.39, 0.29) is 11.2 Å². The zero-order valence-corrected chi connectivity index (χ0v) is 14.3. The highest BCUT2D eigenvalue weighted by molar-refractivity contribution is 9.10. The molecule has 2 aromatic carbocycles. The van der Waals surface area contributed by atoms with Crippen LogP contribution in [0.15, 0.2) is 51.8 Å². The van der Waals surface area contributed by atoms with Gasteiger partial charge in [0.2, 0.25) is 0 Å². The normalized spacial score (nSPS) is 11.7. The molecule has 0 spiro atoms. The van der Waals surface area contributed by atoms with Crippen LogP contribution in [0.25, 0.3) is 0 Å². The van der Waals surface area contributed by atoms with Gasteiger partial charge in [-0.15, -0.1) is 11.8 Å². The summed E-state index contributed by atoms with van der Waals surface area (Å²) in [4.78, 5) is 1.20. The Kier molecular flexibility index (Phi) is 4.92. The Labute approximate surface area is 132 Å². The first-order chi connectivity index (χ1) is 9.38. The van der Waals surface area contributed by atoms with Gasteiger partial charge < -0.3 is 0 Å². The van der Waals surface area contributed by atoms with Gasteiger partial charge in [-0.2, -0.15) is 0 Å². The molecule has 20 heavy (non-hydrogen) atoms. The Hall–Kier alpha value is -0.800. The largest absolute Gasteiger partial charge is 0.206 e. The number of hydrogen-bond acceptors (Lipinski definition) is 1. The molecule has 0 aliphatic heterocycles. The fourth-order valence-electron chi connectivity index (χ4n) is 1.87. The standard InChI is InChI=1S/C17H18BrFS/c1-17(2,3)13-7-9-14(10-8-13)20-11-12-5-4-6-15(19)16(12)18/h4-10H,11H2,1-3H3. The molecule has 0 saturated carbocycles. The molecule has 0 heterocycles. The van der Waals surface area contributed by atoms with Crippen molar-refractivity contribution in [2.45, 2.75) is 36.8 Å². The summed E-state index contributed by atoms with van der Waals surface area (Å²) in [5.41, 5.74) is 2.48. The first-order valence-corrected chi connectivity index (χ1v) is 8.32. The van der Waals surface area contributed by atoms with E-state index in [1.165, 1.54) is 16.5 Å². The first kappa shape index (κ1) is 15.6. The fourth-order valence-corrected chi connectivity index (χ4v) is 3.35. The van der Waals surface area contributed by atoms with E-state index in [2.05, 4.69) is 61.0 Å². The molecule has 2 aromatic rings. The maximum atomic E-state index is 13.4. The summed E-state index contributed by atoms with van der Waals surface area (Å²) in [6.45, 7) is 6.62. The average Bonchev–Trinajstić information content (AvgIpc) is 2.40. The Bertz CT molecular complexity index is 585. The van der Waals surface area contributed by atoms with Crippen molar-refractivity contribution in [3.63, 3.8) is 0 Å². The van der Waals surface area contributed by atoms with Crippen LogP contribution in [-0.2, 0) is 11.2 Å². The minimum atomic E-state index is -0.203. The molecule has 3 heteroatoms. The minimum absolute atomic E-state index is 0.175. The number of benzene rings is 2. The van der Waals surface area contributed by atoms with Crippen molar-refractivity contribution in [1.29, 1.82) is 0 Å². The molecule has 0 radical (unpaired) electrons. The second kappa shape index (κ2) is 6.31.